The topological polar surface area (TPSA) is 48.3 Å². The molecule has 0 aliphatic rings. The van der Waals surface area contributed by atoms with Gasteiger partial charge in [-0.05, 0) is 93.9 Å². The number of aryl methyl sites for hydroxylation is 1. The molecule has 0 unspecified atom stereocenters. The van der Waals surface area contributed by atoms with Crippen molar-refractivity contribution < 1.29 is 12.8 Å². The first-order chi connectivity index (χ1) is 20.7. The number of hydrogen-bond donors (Lipinski definition) is 0. The van der Waals surface area contributed by atoms with E-state index in [1.807, 2.05) is 49.4 Å². The minimum Gasteiger partial charge on any atom is -0.542 e. The van der Waals surface area contributed by atoms with E-state index in [0.717, 1.165) is 40.5 Å². The van der Waals surface area contributed by atoms with E-state index in [1.165, 1.54) is 11.1 Å². The van der Waals surface area contributed by atoms with Crippen LogP contribution in [0.15, 0.2) is 88.9 Å². The number of allylic oxidation sites excluding steroid dienone is 4. The van der Waals surface area contributed by atoms with Crippen molar-refractivity contribution >= 4 is 40.1 Å². The first kappa shape index (κ1) is 33.8. The van der Waals surface area contributed by atoms with Gasteiger partial charge in [0, 0.05) is 16.3 Å². The van der Waals surface area contributed by atoms with Crippen LogP contribution in [-0.4, -0.2) is 20.7 Å². The summed E-state index contributed by atoms with van der Waals surface area (Å²) in [7, 11) is -6.15. The Kier molecular flexibility index (Phi) is 10.4. The first-order valence-corrected chi connectivity index (χ1v) is 19.6. The van der Waals surface area contributed by atoms with E-state index in [-0.39, 0.29) is 4.90 Å². The van der Waals surface area contributed by atoms with Crippen molar-refractivity contribution in [2.45, 2.75) is 110 Å². The second-order valence-electron chi connectivity index (χ2n) is 13.5. The molecule has 4 nitrogen and oxygen atoms in total. The van der Waals surface area contributed by atoms with Crippen molar-refractivity contribution in [1.82, 2.24) is 3.97 Å². The molecule has 0 fully saturated rings. The molecule has 0 aliphatic carbocycles. The van der Waals surface area contributed by atoms with Gasteiger partial charge in [0.15, 0.2) is 0 Å². The molecule has 0 aliphatic heterocycles. The summed E-state index contributed by atoms with van der Waals surface area (Å²) in [4.78, 5) is 0.286. The van der Waals surface area contributed by atoms with Crippen LogP contribution in [0.3, 0.4) is 0 Å². The number of para-hydroxylation sites is 1. The molecule has 0 spiro atoms. The lowest BCUT2D eigenvalue weighted by molar-refractivity contribution is 0.476. The van der Waals surface area contributed by atoms with Crippen molar-refractivity contribution in [2.24, 2.45) is 0 Å². The zero-order valence-electron chi connectivity index (χ0n) is 28.4. The van der Waals surface area contributed by atoms with Gasteiger partial charge in [0.05, 0.1) is 15.9 Å². The third kappa shape index (κ3) is 6.48. The summed E-state index contributed by atoms with van der Waals surface area (Å²) in [5.74, 6) is 0.893. The normalized spacial score (nSPS) is 13.1. The highest BCUT2D eigenvalue weighted by atomic mass is 32.2. The van der Waals surface area contributed by atoms with Crippen molar-refractivity contribution in [3.05, 3.63) is 95.1 Å². The Morgan fingerprint density at radius 3 is 2.02 bits per heavy atom. The van der Waals surface area contributed by atoms with Gasteiger partial charge in [-0.3, -0.25) is 0 Å². The molecule has 1 heterocycles. The maximum atomic E-state index is 14.3. The summed E-state index contributed by atoms with van der Waals surface area (Å²) in [6.07, 6.45) is 7.26. The molecule has 44 heavy (non-hydrogen) atoms. The van der Waals surface area contributed by atoms with Crippen LogP contribution in [0.2, 0.25) is 16.6 Å². The number of benzene rings is 3. The molecule has 4 aromatic rings. The van der Waals surface area contributed by atoms with E-state index in [1.54, 1.807) is 16.1 Å². The van der Waals surface area contributed by atoms with Gasteiger partial charge in [0.25, 0.3) is 18.3 Å². The van der Waals surface area contributed by atoms with Crippen LogP contribution in [0.1, 0.15) is 86.3 Å². The zero-order chi connectivity index (χ0) is 32.4. The smallest absolute Gasteiger partial charge is 0.268 e. The van der Waals surface area contributed by atoms with Gasteiger partial charge in [0.2, 0.25) is 0 Å². The average molecular weight is 630 g/mol. The van der Waals surface area contributed by atoms with Crippen LogP contribution in [-0.2, 0) is 16.4 Å². The standard InChI is InChI=1S/C38H51NO3SSi/c1-26(2)14-13-15-30(9)20-23-34-37(42-44(27(3)4,28(5)6)29(7)8)25-24-36-38(34)33-16-11-12-17-35(33)39(36)43(40,41)32-21-18-31(10)19-22-32/h11-12,14,16-22,24-25,27-29H,13,15,23H2,1-10H3/b30-20+. The van der Waals surface area contributed by atoms with Crippen molar-refractivity contribution in [2.75, 3.05) is 0 Å². The summed E-state index contributed by atoms with van der Waals surface area (Å²) in [6, 6.07) is 19.0. The molecule has 0 saturated heterocycles. The third-order valence-corrected chi connectivity index (χ3v) is 16.9. The predicted octanol–water partition coefficient (Wildman–Crippen LogP) is 11.1. The molecule has 0 amide bonds. The van der Waals surface area contributed by atoms with Gasteiger partial charge < -0.3 is 4.43 Å². The van der Waals surface area contributed by atoms with Crippen LogP contribution >= 0.6 is 0 Å². The fourth-order valence-electron chi connectivity index (χ4n) is 6.96. The number of nitrogens with zero attached hydrogens (tertiary/aromatic N) is 1. The van der Waals surface area contributed by atoms with Crippen LogP contribution in [0.5, 0.6) is 5.75 Å². The van der Waals surface area contributed by atoms with Gasteiger partial charge in [-0.2, -0.15) is 0 Å². The van der Waals surface area contributed by atoms with E-state index < -0.39 is 18.3 Å². The van der Waals surface area contributed by atoms with Gasteiger partial charge in [-0.1, -0.05) is 101 Å². The van der Waals surface area contributed by atoms with E-state index in [0.29, 0.717) is 34.1 Å². The average Bonchev–Trinajstić information content (AvgIpc) is 3.30. The van der Waals surface area contributed by atoms with E-state index in [9.17, 15) is 8.42 Å². The Hall–Kier alpha value is -3.09. The van der Waals surface area contributed by atoms with E-state index in [4.69, 9.17) is 4.43 Å². The molecule has 3 aromatic carbocycles. The monoisotopic (exact) mass is 629 g/mol. The van der Waals surface area contributed by atoms with E-state index in [2.05, 4.69) is 80.5 Å². The molecule has 6 heteroatoms. The van der Waals surface area contributed by atoms with E-state index >= 15 is 0 Å². The maximum absolute atomic E-state index is 14.3. The Bertz CT molecular complexity index is 1770. The lowest BCUT2D eigenvalue weighted by Gasteiger charge is -2.42. The van der Waals surface area contributed by atoms with Gasteiger partial charge in [-0.15, -0.1) is 0 Å². The third-order valence-electron chi connectivity index (χ3n) is 9.16. The maximum Gasteiger partial charge on any atom is 0.268 e. The molecule has 0 bridgehead atoms. The van der Waals surface area contributed by atoms with Gasteiger partial charge in [-0.25, -0.2) is 12.4 Å². The predicted molar refractivity (Wildman–Crippen MR) is 191 cm³/mol. The highest BCUT2D eigenvalue weighted by molar-refractivity contribution is 7.90. The molecular weight excluding hydrogens is 579 g/mol. The minimum absolute atomic E-state index is 0.286. The Labute approximate surface area is 267 Å². The summed E-state index contributed by atoms with van der Waals surface area (Å²) < 4.78 is 37.5. The molecule has 4 rings (SSSR count). The number of fused-ring (bicyclic) bond motifs is 3. The van der Waals surface area contributed by atoms with Crippen LogP contribution in [0.25, 0.3) is 21.8 Å². The minimum atomic E-state index is -3.86. The second kappa shape index (κ2) is 13.5. The Balaban J connectivity index is 2.03. The van der Waals surface area contributed by atoms with Crippen LogP contribution in [0, 0.1) is 6.92 Å². The molecule has 0 atom stereocenters. The fourth-order valence-corrected chi connectivity index (χ4v) is 13.8. The zero-order valence-corrected chi connectivity index (χ0v) is 30.2. The van der Waals surface area contributed by atoms with Crippen molar-refractivity contribution in [3.63, 3.8) is 0 Å². The highest BCUT2D eigenvalue weighted by Crippen LogP contribution is 2.46. The highest BCUT2D eigenvalue weighted by Gasteiger charge is 2.47. The van der Waals surface area contributed by atoms with Crippen molar-refractivity contribution in [3.8, 4) is 5.75 Å². The lowest BCUT2D eigenvalue weighted by Crippen LogP contribution is -2.50. The summed E-state index contributed by atoms with van der Waals surface area (Å²) >= 11 is 0. The fraction of sp³-hybridized carbons (Fsp3) is 0.421. The Morgan fingerprint density at radius 1 is 0.818 bits per heavy atom. The largest absolute Gasteiger partial charge is 0.542 e. The van der Waals surface area contributed by atoms with Gasteiger partial charge >= 0.3 is 0 Å². The Morgan fingerprint density at radius 2 is 1.43 bits per heavy atom. The quantitative estimate of drug-likeness (QED) is 0.116. The van der Waals surface area contributed by atoms with Gasteiger partial charge in [0.1, 0.15) is 5.75 Å². The SMILES string of the molecule is CC(C)=CCC/C(C)=C/Cc1c(O[Si](C(C)C)(C(C)C)C(C)C)ccc2c1c1ccccc1n2S(=O)(=O)c1ccc(C)cc1. The van der Waals surface area contributed by atoms with Crippen LogP contribution in [0.4, 0.5) is 0 Å². The molecular formula is C38H51NO3SSi. The number of hydrogen-bond acceptors (Lipinski definition) is 3. The second-order valence-corrected chi connectivity index (χ2v) is 20.7. The summed E-state index contributed by atoms with van der Waals surface area (Å²) in [6.45, 7) is 22.3. The number of rotatable bonds is 12. The first-order valence-electron chi connectivity index (χ1n) is 16.1. The molecule has 0 N–H and O–H groups in total. The number of aromatic nitrogens is 1. The van der Waals surface area contributed by atoms with Crippen LogP contribution < -0.4 is 4.43 Å². The molecule has 0 radical (unpaired) electrons. The van der Waals surface area contributed by atoms with Crippen molar-refractivity contribution in [1.29, 1.82) is 0 Å². The molecule has 1 aromatic heterocycles. The molecule has 0 saturated carbocycles. The lowest BCUT2D eigenvalue weighted by atomic mass is 10.0. The molecule has 236 valence electrons. The summed E-state index contributed by atoms with van der Waals surface area (Å²) in [5, 5.41) is 1.89. The summed E-state index contributed by atoms with van der Waals surface area (Å²) in [5.41, 5.74) is 7.36.